The van der Waals surface area contributed by atoms with Gasteiger partial charge in [-0.3, -0.25) is 14.5 Å². The predicted octanol–water partition coefficient (Wildman–Crippen LogP) is 3.17. The highest BCUT2D eigenvalue weighted by molar-refractivity contribution is 6.10. The van der Waals surface area contributed by atoms with Gasteiger partial charge in [0, 0.05) is 36.8 Å². The fraction of sp³-hybridized carbons (Fsp3) is 0.0526. The summed E-state index contributed by atoms with van der Waals surface area (Å²) in [6.07, 6.45) is 6.39. The highest BCUT2D eigenvalue weighted by Gasteiger charge is 2.15. The molecule has 0 bridgehead atoms. The van der Waals surface area contributed by atoms with Crippen LogP contribution in [0, 0.1) is 17.1 Å². The summed E-state index contributed by atoms with van der Waals surface area (Å²) < 4.78 is 15.3. The van der Waals surface area contributed by atoms with E-state index in [2.05, 4.69) is 15.4 Å². The first-order valence-corrected chi connectivity index (χ1v) is 7.70. The zero-order valence-corrected chi connectivity index (χ0v) is 13.8. The number of benzene rings is 1. The number of anilines is 1. The minimum atomic E-state index is -0.692. The van der Waals surface area contributed by atoms with Crippen LogP contribution in [-0.2, 0) is 11.8 Å². The van der Waals surface area contributed by atoms with Crippen molar-refractivity contribution in [3.8, 4) is 17.3 Å². The van der Waals surface area contributed by atoms with Crippen LogP contribution in [0.3, 0.4) is 0 Å². The lowest BCUT2D eigenvalue weighted by Crippen LogP contribution is -2.14. The average molecular weight is 347 g/mol. The van der Waals surface area contributed by atoms with Crippen molar-refractivity contribution in [2.24, 2.45) is 7.05 Å². The third-order valence-electron chi connectivity index (χ3n) is 3.60. The van der Waals surface area contributed by atoms with Crippen molar-refractivity contribution < 1.29 is 9.18 Å². The first-order valence-electron chi connectivity index (χ1n) is 7.70. The van der Waals surface area contributed by atoms with E-state index >= 15 is 0 Å². The summed E-state index contributed by atoms with van der Waals surface area (Å²) in [5.74, 6) is -1.26. The van der Waals surface area contributed by atoms with E-state index in [1.54, 1.807) is 48.5 Å². The van der Waals surface area contributed by atoms with Crippen LogP contribution >= 0.6 is 0 Å². The number of hydrogen-bond acceptors (Lipinski definition) is 4. The molecule has 128 valence electrons. The highest BCUT2D eigenvalue weighted by atomic mass is 19.1. The van der Waals surface area contributed by atoms with Crippen molar-refractivity contribution in [3.63, 3.8) is 0 Å². The third-order valence-corrected chi connectivity index (χ3v) is 3.60. The Bertz CT molecular complexity index is 1020. The standard InChI is InChI=1S/C19H14FN5O/c1-25-12-15(18(24-25)13-6-8-22-9-7-13)10-14(11-21)19(26)23-17-5-3-2-4-16(17)20/h2-10,12H,1H3,(H,23,26)/b14-10-. The van der Waals surface area contributed by atoms with Gasteiger partial charge >= 0.3 is 0 Å². The van der Waals surface area contributed by atoms with Crippen LogP contribution in [0.1, 0.15) is 5.56 Å². The molecule has 0 spiro atoms. The van der Waals surface area contributed by atoms with Crippen molar-refractivity contribution in [2.75, 3.05) is 5.32 Å². The van der Waals surface area contributed by atoms with Crippen molar-refractivity contribution in [1.29, 1.82) is 5.26 Å². The summed E-state index contributed by atoms with van der Waals surface area (Å²) in [5, 5.41) is 16.1. The number of nitriles is 1. The molecule has 0 saturated carbocycles. The van der Waals surface area contributed by atoms with E-state index in [4.69, 9.17) is 0 Å². The molecule has 1 aromatic carbocycles. The van der Waals surface area contributed by atoms with E-state index in [9.17, 15) is 14.4 Å². The third kappa shape index (κ3) is 3.65. The monoisotopic (exact) mass is 347 g/mol. The second-order valence-electron chi connectivity index (χ2n) is 5.45. The molecule has 1 N–H and O–H groups in total. The number of carbonyl (C=O) groups is 1. The van der Waals surface area contributed by atoms with Crippen LogP contribution in [-0.4, -0.2) is 20.7 Å². The van der Waals surface area contributed by atoms with E-state index in [1.807, 2.05) is 6.07 Å². The van der Waals surface area contributed by atoms with Crippen molar-refractivity contribution in [3.05, 3.63) is 71.9 Å². The molecule has 3 rings (SSSR count). The smallest absolute Gasteiger partial charge is 0.266 e. The van der Waals surface area contributed by atoms with E-state index < -0.39 is 11.7 Å². The average Bonchev–Trinajstić information content (AvgIpc) is 3.02. The lowest BCUT2D eigenvalue weighted by molar-refractivity contribution is -0.112. The summed E-state index contributed by atoms with van der Waals surface area (Å²) >= 11 is 0. The van der Waals surface area contributed by atoms with Gasteiger partial charge in [0.25, 0.3) is 5.91 Å². The molecule has 0 radical (unpaired) electrons. The molecule has 0 aliphatic carbocycles. The van der Waals surface area contributed by atoms with Crippen LogP contribution in [0.2, 0.25) is 0 Å². The molecule has 2 heterocycles. The van der Waals surface area contributed by atoms with E-state index in [0.29, 0.717) is 11.3 Å². The van der Waals surface area contributed by atoms with Gasteiger partial charge in [0.05, 0.1) is 11.4 Å². The lowest BCUT2D eigenvalue weighted by Gasteiger charge is -2.05. The molecule has 0 aliphatic rings. The maximum absolute atomic E-state index is 13.7. The number of aryl methyl sites for hydroxylation is 1. The molecule has 0 aliphatic heterocycles. The quantitative estimate of drug-likeness (QED) is 0.580. The van der Waals surface area contributed by atoms with Gasteiger partial charge in [-0.25, -0.2) is 4.39 Å². The summed E-state index contributed by atoms with van der Waals surface area (Å²) in [6, 6.07) is 11.2. The van der Waals surface area contributed by atoms with Gasteiger partial charge in [-0.2, -0.15) is 10.4 Å². The molecular formula is C19H14FN5O. The number of nitrogens with zero attached hydrogens (tertiary/aromatic N) is 4. The fourth-order valence-corrected chi connectivity index (χ4v) is 2.40. The first-order chi connectivity index (χ1) is 12.6. The Hall–Kier alpha value is -3.79. The second-order valence-corrected chi connectivity index (χ2v) is 5.45. The number of halogens is 1. The van der Waals surface area contributed by atoms with Crippen LogP contribution in [0.4, 0.5) is 10.1 Å². The van der Waals surface area contributed by atoms with Crippen molar-refractivity contribution in [1.82, 2.24) is 14.8 Å². The lowest BCUT2D eigenvalue weighted by atomic mass is 10.1. The SMILES string of the molecule is Cn1cc(/C=C(/C#N)C(=O)Nc2ccccc2F)c(-c2ccncc2)n1. The minimum Gasteiger partial charge on any atom is -0.319 e. The van der Waals surface area contributed by atoms with Crippen LogP contribution in [0.15, 0.2) is 60.6 Å². The Balaban J connectivity index is 1.94. The molecule has 6 nitrogen and oxygen atoms in total. The summed E-state index contributed by atoms with van der Waals surface area (Å²) in [4.78, 5) is 16.3. The van der Waals surface area contributed by atoms with Gasteiger partial charge in [-0.05, 0) is 30.3 Å². The Morgan fingerprint density at radius 2 is 2.00 bits per heavy atom. The molecule has 7 heteroatoms. The summed E-state index contributed by atoms with van der Waals surface area (Å²) in [6.45, 7) is 0. The number of hydrogen-bond donors (Lipinski definition) is 1. The van der Waals surface area contributed by atoms with Gasteiger partial charge in [0.1, 0.15) is 17.5 Å². The largest absolute Gasteiger partial charge is 0.319 e. The number of nitrogens with one attached hydrogen (secondary N) is 1. The predicted molar refractivity (Wildman–Crippen MR) is 95.1 cm³/mol. The normalized spacial score (nSPS) is 11.0. The maximum Gasteiger partial charge on any atom is 0.266 e. The van der Waals surface area contributed by atoms with Gasteiger partial charge in [0.15, 0.2) is 0 Å². The Labute approximate surface area is 149 Å². The van der Waals surface area contributed by atoms with E-state index in [1.165, 1.54) is 24.3 Å². The number of aromatic nitrogens is 3. The molecule has 0 atom stereocenters. The van der Waals surface area contributed by atoms with Gasteiger partial charge in [-0.15, -0.1) is 0 Å². The number of rotatable bonds is 4. The fourth-order valence-electron chi connectivity index (χ4n) is 2.40. The van der Waals surface area contributed by atoms with Gasteiger partial charge < -0.3 is 5.32 Å². The Morgan fingerprint density at radius 3 is 2.69 bits per heavy atom. The molecule has 0 unspecified atom stereocenters. The van der Waals surface area contributed by atoms with E-state index in [-0.39, 0.29) is 11.3 Å². The Kier molecular flexibility index (Phi) is 4.85. The molecule has 0 fully saturated rings. The summed E-state index contributed by atoms with van der Waals surface area (Å²) in [7, 11) is 1.74. The van der Waals surface area contributed by atoms with Crippen molar-refractivity contribution in [2.45, 2.75) is 0 Å². The first kappa shape index (κ1) is 17.0. The highest BCUT2D eigenvalue weighted by Crippen LogP contribution is 2.23. The minimum absolute atomic E-state index is 0.0131. The topological polar surface area (TPSA) is 83.6 Å². The molecule has 0 saturated heterocycles. The molecular weight excluding hydrogens is 333 g/mol. The number of para-hydroxylation sites is 1. The van der Waals surface area contributed by atoms with Crippen LogP contribution < -0.4 is 5.32 Å². The molecule has 26 heavy (non-hydrogen) atoms. The van der Waals surface area contributed by atoms with E-state index in [0.717, 1.165) is 5.56 Å². The molecule has 3 aromatic rings. The molecule has 2 aromatic heterocycles. The van der Waals surface area contributed by atoms with Gasteiger partial charge in [0.2, 0.25) is 0 Å². The van der Waals surface area contributed by atoms with Crippen LogP contribution in [0.25, 0.3) is 17.3 Å². The second kappa shape index (κ2) is 7.40. The maximum atomic E-state index is 13.7. The number of carbonyl (C=O) groups excluding carboxylic acids is 1. The number of pyridine rings is 1. The zero-order chi connectivity index (χ0) is 18.5. The zero-order valence-electron chi connectivity index (χ0n) is 13.8. The molecule has 1 amide bonds. The Morgan fingerprint density at radius 1 is 1.27 bits per heavy atom. The summed E-state index contributed by atoms with van der Waals surface area (Å²) in [5.41, 5.74) is 1.87. The van der Waals surface area contributed by atoms with Crippen molar-refractivity contribution >= 4 is 17.7 Å². The van der Waals surface area contributed by atoms with Gasteiger partial charge in [-0.1, -0.05) is 12.1 Å². The van der Waals surface area contributed by atoms with Crippen LogP contribution in [0.5, 0.6) is 0 Å². The number of amides is 1.